The van der Waals surface area contributed by atoms with Gasteiger partial charge >= 0.3 is 0 Å². The molecule has 0 aromatic carbocycles. The van der Waals surface area contributed by atoms with Gasteiger partial charge in [0, 0.05) is 39.3 Å². The van der Waals surface area contributed by atoms with E-state index in [2.05, 4.69) is 22.2 Å². The molecule has 1 rings (SSSR count). The highest BCUT2D eigenvalue weighted by Crippen LogP contribution is 1.98. The normalized spacial score (nSPS) is 16.8. The molecule has 2 radical (unpaired) electrons. The van der Waals surface area contributed by atoms with Crippen LogP contribution in [0, 0.1) is 0 Å². The third-order valence-corrected chi connectivity index (χ3v) is 2.08. The van der Waals surface area contributed by atoms with Crippen molar-refractivity contribution in [2.75, 3.05) is 45.1 Å². The fraction of sp³-hybridized carbons (Fsp3) is 0.889. The quantitative estimate of drug-likeness (QED) is 0.412. The van der Waals surface area contributed by atoms with Crippen LogP contribution in [0.5, 0.6) is 0 Å². The lowest BCUT2D eigenvalue weighted by atomic mass is 10.3. The zero-order valence-electron chi connectivity index (χ0n) is 9.26. The van der Waals surface area contributed by atoms with E-state index in [0.717, 1.165) is 44.9 Å². The lowest BCUT2D eigenvalue weighted by Gasteiger charge is -2.32. The third kappa shape index (κ3) is 7.70. The molecular weight excluding hydrogens is 211 g/mol. The van der Waals surface area contributed by atoms with Crippen LogP contribution in [0.3, 0.4) is 0 Å². The second-order valence-electron chi connectivity index (χ2n) is 3.17. The largest absolute Gasteiger partial charge is 0.446 e. The number of hydrogen-bond acceptors (Lipinski definition) is 4. The Morgan fingerprint density at radius 2 is 1.93 bits per heavy atom. The molecular formula is C9H19BN2O2S. The van der Waals surface area contributed by atoms with Crippen LogP contribution < -0.4 is 0 Å². The average molecular weight is 230 g/mol. The molecule has 0 unspecified atom stereocenters. The zero-order valence-corrected chi connectivity index (χ0v) is 10.2. The molecule has 1 heterocycles. The lowest BCUT2D eigenvalue weighted by molar-refractivity contribution is -0.119. The molecule has 1 saturated heterocycles. The van der Waals surface area contributed by atoms with E-state index < -0.39 is 0 Å². The Bertz CT molecular complexity index is 155. The van der Waals surface area contributed by atoms with Gasteiger partial charge in [0.15, 0.2) is 0 Å². The van der Waals surface area contributed by atoms with E-state index in [1.165, 1.54) is 0 Å². The van der Waals surface area contributed by atoms with E-state index >= 15 is 0 Å². The van der Waals surface area contributed by atoms with Crippen LogP contribution in [0.4, 0.5) is 0 Å². The SMILES string of the molecule is CCS.[B]OCCN1CCN(C=O)CC1. The number of hydrogen-bond donors (Lipinski definition) is 1. The maximum absolute atomic E-state index is 10.3. The van der Waals surface area contributed by atoms with Crippen molar-refractivity contribution in [2.45, 2.75) is 6.92 Å². The maximum atomic E-state index is 10.3. The van der Waals surface area contributed by atoms with Crippen LogP contribution in [0.25, 0.3) is 0 Å². The molecule has 6 heteroatoms. The molecule has 86 valence electrons. The zero-order chi connectivity index (χ0) is 11.5. The minimum Gasteiger partial charge on any atom is -0.446 e. The molecule has 1 aliphatic heterocycles. The van der Waals surface area contributed by atoms with Gasteiger partial charge in [-0.25, -0.2) is 0 Å². The highest BCUT2D eigenvalue weighted by Gasteiger charge is 2.13. The van der Waals surface area contributed by atoms with Gasteiger partial charge in [-0.15, -0.1) is 0 Å². The molecule has 0 aliphatic carbocycles. The summed E-state index contributed by atoms with van der Waals surface area (Å²) in [6.07, 6.45) is 0.900. The Kier molecular flexibility index (Phi) is 10.2. The third-order valence-electron chi connectivity index (χ3n) is 2.08. The highest BCUT2D eigenvalue weighted by atomic mass is 32.1. The summed E-state index contributed by atoms with van der Waals surface area (Å²) in [6.45, 7) is 6.86. The average Bonchev–Trinajstić information content (AvgIpc) is 2.28. The van der Waals surface area contributed by atoms with Crippen LogP contribution in [0.1, 0.15) is 6.92 Å². The standard InChI is InChI=1S/C7H13BN2O2.C2H6S/c8-12-6-5-9-1-3-10(7-11)4-2-9;1-2-3/h7H,1-6H2;3H,2H2,1H3. The molecule has 0 spiro atoms. The van der Waals surface area contributed by atoms with Gasteiger partial charge in [0.2, 0.25) is 6.41 Å². The van der Waals surface area contributed by atoms with E-state index in [0.29, 0.717) is 6.61 Å². The number of carbonyl (C=O) groups is 1. The number of carbonyl (C=O) groups excluding carboxylic acids is 1. The summed E-state index contributed by atoms with van der Waals surface area (Å²) in [5.41, 5.74) is 0. The van der Waals surface area contributed by atoms with Crippen molar-refractivity contribution in [2.24, 2.45) is 0 Å². The van der Waals surface area contributed by atoms with Crippen molar-refractivity contribution in [1.29, 1.82) is 0 Å². The highest BCUT2D eigenvalue weighted by molar-refractivity contribution is 7.80. The molecule has 0 N–H and O–H groups in total. The number of nitrogens with zero attached hydrogens (tertiary/aromatic N) is 2. The first-order valence-electron chi connectivity index (χ1n) is 5.12. The summed E-state index contributed by atoms with van der Waals surface area (Å²) in [6, 6.07) is 0. The van der Waals surface area contributed by atoms with Gasteiger partial charge < -0.3 is 9.55 Å². The van der Waals surface area contributed by atoms with Crippen LogP contribution in [0.15, 0.2) is 0 Å². The van der Waals surface area contributed by atoms with Gasteiger partial charge in [-0.05, 0) is 5.75 Å². The number of piperazine rings is 1. The molecule has 0 saturated carbocycles. The van der Waals surface area contributed by atoms with Crippen molar-refractivity contribution in [1.82, 2.24) is 9.80 Å². The monoisotopic (exact) mass is 230 g/mol. The van der Waals surface area contributed by atoms with Crippen molar-refractivity contribution < 1.29 is 9.45 Å². The van der Waals surface area contributed by atoms with Crippen molar-refractivity contribution >= 4 is 27.1 Å². The second kappa shape index (κ2) is 10.3. The minimum atomic E-state index is 0.557. The molecule has 0 atom stereocenters. The summed E-state index contributed by atoms with van der Waals surface area (Å²) in [4.78, 5) is 14.3. The first kappa shape index (κ1) is 14.8. The minimum absolute atomic E-state index is 0.557. The summed E-state index contributed by atoms with van der Waals surface area (Å²) >= 11 is 3.79. The summed E-state index contributed by atoms with van der Waals surface area (Å²) in [5.74, 6) is 0.944. The topological polar surface area (TPSA) is 32.8 Å². The molecule has 4 nitrogen and oxygen atoms in total. The van der Waals surface area contributed by atoms with Gasteiger partial charge in [-0.1, -0.05) is 6.92 Å². The smallest absolute Gasteiger partial charge is 0.282 e. The maximum Gasteiger partial charge on any atom is 0.282 e. The van der Waals surface area contributed by atoms with Crippen LogP contribution in [-0.4, -0.2) is 69.3 Å². The lowest BCUT2D eigenvalue weighted by Crippen LogP contribution is -2.46. The van der Waals surface area contributed by atoms with Crippen molar-refractivity contribution in [3.05, 3.63) is 0 Å². The molecule has 1 fully saturated rings. The Morgan fingerprint density at radius 1 is 1.40 bits per heavy atom. The fourth-order valence-corrected chi connectivity index (χ4v) is 1.27. The first-order chi connectivity index (χ1) is 7.28. The predicted molar refractivity (Wildman–Crippen MR) is 65.3 cm³/mol. The molecule has 1 amide bonds. The van der Waals surface area contributed by atoms with E-state index in [1.54, 1.807) is 4.90 Å². The van der Waals surface area contributed by atoms with Crippen LogP contribution in [0.2, 0.25) is 0 Å². The van der Waals surface area contributed by atoms with Crippen LogP contribution in [-0.2, 0) is 9.45 Å². The van der Waals surface area contributed by atoms with Gasteiger partial charge in [0.05, 0.1) is 0 Å². The van der Waals surface area contributed by atoms with Crippen LogP contribution >= 0.6 is 12.6 Å². The Hall–Kier alpha value is -0.195. The van der Waals surface area contributed by atoms with Crippen molar-refractivity contribution in [3.63, 3.8) is 0 Å². The van der Waals surface area contributed by atoms with Crippen molar-refractivity contribution in [3.8, 4) is 0 Å². The summed E-state index contributed by atoms with van der Waals surface area (Å²) in [7, 11) is 4.91. The molecule has 0 aromatic heterocycles. The number of thiol groups is 1. The van der Waals surface area contributed by atoms with E-state index in [1.807, 2.05) is 6.92 Å². The predicted octanol–water partition coefficient (Wildman–Crippen LogP) is -0.203. The van der Waals surface area contributed by atoms with Gasteiger partial charge in [-0.2, -0.15) is 12.6 Å². The van der Waals surface area contributed by atoms with Gasteiger partial charge in [0.25, 0.3) is 8.05 Å². The Morgan fingerprint density at radius 3 is 2.33 bits per heavy atom. The Balaban J connectivity index is 0.000000583. The van der Waals surface area contributed by atoms with Gasteiger partial charge in [-0.3, -0.25) is 9.69 Å². The number of rotatable bonds is 4. The molecule has 1 aliphatic rings. The summed E-state index contributed by atoms with van der Waals surface area (Å²) < 4.78 is 4.47. The molecule has 15 heavy (non-hydrogen) atoms. The molecule has 0 bridgehead atoms. The van der Waals surface area contributed by atoms with E-state index in [4.69, 9.17) is 8.05 Å². The fourth-order valence-electron chi connectivity index (χ4n) is 1.27. The first-order valence-corrected chi connectivity index (χ1v) is 5.76. The van der Waals surface area contributed by atoms with E-state index in [-0.39, 0.29) is 0 Å². The van der Waals surface area contributed by atoms with Gasteiger partial charge in [0.1, 0.15) is 0 Å². The Labute approximate surface area is 98.8 Å². The number of amides is 1. The van der Waals surface area contributed by atoms with E-state index in [9.17, 15) is 4.79 Å². The summed E-state index contributed by atoms with van der Waals surface area (Å²) in [5, 5.41) is 0. The molecule has 0 aromatic rings. The second-order valence-corrected chi connectivity index (χ2v) is 3.80.